The van der Waals surface area contributed by atoms with Crippen molar-refractivity contribution in [3.05, 3.63) is 35.9 Å². The van der Waals surface area contributed by atoms with Crippen LogP contribution in [0.15, 0.2) is 30.3 Å². The van der Waals surface area contributed by atoms with Gasteiger partial charge in [0.25, 0.3) is 0 Å². The Kier molecular flexibility index (Phi) is 4.88. The van der Waals surface area contributed by atoms with Gasteiger partial charge in [-0.3, -0.25) is 4.79 Å². The number of nitrogens with one attached hydrogen (secondary N) is 1. The van der Waals surface area contributed by atoms with Gasteiger partial charge in [0.2, 0.25) is 5.91 Å². The minimum atomic E-state index is 0.186. The van der Waals surface area contributed by atoms with Gasteiger partial charge in [-0.25, -0.2) is 0 Å². The molecule has 0 spiro atoms. The molecule has 1 amide bonds. The van der Waals surface area contributed by atoms with Gasteiger partial charge < -0.3 is 15.1 Å². The van der Waals surface area contributed by atoms with Gasteiger partial charge >= 0.3 is 0 Å². The maximum Gasteiger partial charge on any atom is 0.224 e. The van der Waals surface area contributed by atoms with Crippen molar-refractivity contribution in [1.29, 1.82) is 0 Å². The highest BCUT2D eigenvalue weighted by Gasteiger charge is 2.27. The molecule has 2 saturated heterocycles. The molecule has 4 nitrogen and oxygen atoms in total. The molecule has 0 aromatic heterocycles. The SMILES string of the molecule is O=C(CCN1CCCC1)N1CCNCC1c1ccccc1. The van der Waals surface area contributed by atoms with E-state index >= 15 is 0 Å². The number of likely N-dealkylation sites (tertiary alicyclic amines) is 1. The zero-order chi connectivity index (χ0) is 14.5. The molecule has 2 aliphatic rings. The first kappa shape index (κ1) is 14.5. The second kappa shape index (κ2) is 7.05. The van der Waals surface area contributed by atoms with Crippen LogP contribution in [0.3, 0.4) is 0 Å². The molecule has 2 aliphatic heterocycles. The van der Waals surface area contributed by atoms with E-state index in [9.17, 15) is 4.79 Å². The van der Waals surface area contributed by atoms with Crippen molar-refractivity contribution in [1.82, 2.24) is 15.1 Å². The molecule has 3 rings (SSSR count). The summed E-state index contributed by atoms with van der Waals surface area (Å²) in [5.74, 6) is 0.303. The van der Waals surface area contributed by atoms with E-state index in [1.165, 1.54) is 18.4 Å². The third kappa shape index (κ3) is 3.63. The van der Waals surface area contributed by atoms with E-state index in [-0.39, 0.29) is 6.04 Å². The molecule has 0 radical (unpaired) electrons. The van der Waals surface area contributed by atoms with Crippen LogP contribution in [-0.4, -0.2) is 55.0 Å². The van der Waals surface area contributed by atoms with Gasteiger partial charge in [0.05, 0.1) is 6.04 Å². The van der Waals surface area contributed by atoms with Gasteiger partial charge in [0, 0.05) is 32.6 Å². The molecule has 2 fully saturated rings. The average molecular weight is 287 g/mol. The van der Waals surface area contributed by atoms with Crippen molar-refractivity contribution in [3.63, 3.8) is 0 Å². The van der Waals surface area contributed by atoms with E-state index in [1.54, 1.807) is 0 Å². The number of carbonyl (C=O) groups is 1. The first-order chi connectivity index (χ1) is 10.3. The van der Waals surface area contributed by atoms with E-state index in [0.29, 0.717) is 12.3 Å². The lowest BCUT2D eigenvalue weighted by molar-refractivity contribution is -0.134. The number of carbonyl (C=O) groups excluding carboxylic acids is 1. The van der Waals surface area contributed by atoms with Crippen molar-refractivity contribution < 1.29 is 4.79 Å². The van der Waals surface area contributed by atoms with Crippen molar-refractivity contribution in [3.8, 4) is 0 Å². The Bertz CT molecular complexity index is 456. The number of benzene rings is 1. The van der Waals surface area contributed by atoms with Crippen LogP contribution in [0, 0.1) is 0 Å². The zero-order valence-electron chi connectivity index (χ0n) is 12.6. The summed E-state index contributed by atoms with van der Waals surface area (Å²) in [5.41, 5.74) is 1.24. The maximum absolute atomic E-state index is 12.6. The molecular weight excluding hydrogens is 262 g/mol. The number of nitrogens with zero attached hydrogens (tertiary/aromatic N) is 2. The minimum absolute atomic E-state index is 0.186. The standard InChI is InChI=1S/C17H25N3O/c21-17(8-12-19-10-4-5-11-19)20-13-9-18-14-16(20)15-6-2-1-3-7-15/h1-3,6-7,16,18H,4-5,8-14H2. The summed E-state index contributed by atoms with van der Waals surface area (Å²) in [4.78, 5) is 17.1. The molecule has 0 saturated carbocycles. The number of piperazine rings is 1. The lowest BCUT2D eigenvalue weighted by Gasteiger charge is -2.37. The van der Waals surface area contributed by atoms with Crippen LogP contribution < -0.4 is 5.32 Å². The average Bonchev–Trinajstić information content (AvgIpc) is 3.07. The molecule has 21 heavy (non-hydrogen) atoms. The molecule has 1 unspecified atom stereocenters. The fourth-order valence-electron chi connectivity index (χ4n) is 3.38. The second-order valence-corrected chi connectivity index (χ2v) is 6.02. The van der Waals surface area contributed by atoms with Gasteiger partial charge in [-0.1, -0.05) is 30.3 Å². The molecule has 1 atom stereocenters. The quantitative estimate of drug-likeness (QED) is 0.914. The van der Waals surface area contributed by atoms with Crippen LogP contribution in [0.4, 0.5) is 0 Å². The monoisotopic (exact) mass is 287 g/mol. The molecule has 1 aromatic rings. The van der Waals surface area contributed by atoms with E-state index in [2.05, 4.69) is 39.4 Å². The Morgan fingerprint density at radius 2 is 1.90 bits per heavy atom. The van der Waals surface area contributed by atoms with Crippen LogP contribution in [0.1, 0.15) is 30.9 Å². The summed E-state index contributed by atoms with van der Waals surface area (Å²) in [6.07, 6.45) is 3.23. The predicted octanol–water partition coefficient (Wildman–Crippen LogP) is 1.65. The highest BCUT2D eigenvalue weighted by molar-refractivity contribution is 5.77. The first-order valence-electron chi connectivity index (χ1n) is 8.12. The van der Waals surface area contributed by atoms with Gasteiger partial charge in [-0.05, 0) is 31.5 Å². The lowest BCUT2D eigenvalue weighted by Crippen LogP contribution is -2.49. The summed E-state index contributed by atoms with van der Waals surface area (Å²) in [6.45, 7) is 5.83. The first-order valence-corrected chi connectivity index (χ1v) is 8.12. The molecule has 114 valence electrons. The zero-order valence-corrected chi connectivity index (χ0v) is 12.6. The Hall–Kier alpha value is -1.39. The molecule has 0 aliphatic carbocycles. The third-order valence-electron chi connectivity index (χ3n) is 4.59. The highest BCUT2D eigenvalue weighted by atomic mass is 16.2. The fraction of sp³-hybridized carbons (Fsp3) is 0.588. The molecule has 4 heteroatoms. The maximum atomic E-state index is 12.6. The fourth-order valence-corrected chi connectivity index (χ4v) is 3.38. The number of hydrogen-bond acceptors (Lipinski definition) is 3. The Morgan fingerprint density at radius 1 is 1.14 bits per heavy atom. The predicted molar refractivity (Wildman–Crippen MR) is 84.1 cm³/mol. The Morgan fingerprint density at radius 3 is 2.67 bits per heavy atom. The molecule has 1 aromatic carbocycles. The molecule has 0 bridgehead atoms. The van der Waals surface area contributed by atoms with Crippen LogP contribution in [0.25, 0.3) is 0 Å². The summed E-state index contributed by atoms with van der Waals surface area (Å²) in [5, 5.41) is 3.41. The minimum Gasteiger partial charge on any atom is -0.333 e. The topological polar surface area (TPSA) is 35.6 Å². The second-order valence-electron chi connectivity index (χ2n) is 6.02. The summed E-state index contributed by atoms with van der Waals surface area (Å²) in [7, 11) is 0. The molecule has 2 heterocycles. The number of rotatable bonds is 4. The van der Waals surface area contributed by atoms with Crippen LogP contribution >= 0.6 is 0 Å². The van der Waals surface area contributed by atoms with E-state index in [1.807, 2.05) is 6.07 Å². The summed E-state index contributed by atoms with van der Waals surface area (Å²) >= 11 is 0. The Balaban J connectivity index is 1.61. The van der Waals surface area contributed by atoms with Crippen molar-refractivity contribution in [2.75, 3.05) is 39.3 Å². The largest absolute Gasteiger partial charge is 0.333 e. The van der Waals surface area contributed by atoms with Crippen molar-refractivity contribution in [2.45, 2.75) is 25.3 Å². The highest BCUT2D eigenvalue weighted by Crippen LogP contribution is 2.23. The van der Waals surface area contributed by atoms with Crippen LogP contribution in [0.5, 0.6) is 0 Å². The van der Waals surface area contributed by atoms with Gasteiger partial charge in [-0.15, -0.1) is 0 Å². The molecule has 1 N–H and O–H groups in total. The summed E-state index contributed by atoms with van der Waals surface area (Å²) < 4.78 is 0. The van der Waals surface area contributed by atoms with Gasteiger partial charge in [0.15, 0.2) is 0 Å². The van der Waals surface area contributed by atoms with Crippen molar-refractivity contribution in [2.24, 2.45) is 0 Å². The normalized spacial score (nSPS) is 23.4. The van der Waals surface area contributed by atoms with E-state index in [4.69, 9.17) is 0 Å². The van der Waals surface area contributed by atoms with Crippen molar-refractivity contribution >= 4 is 5.91 Å². The summed E-state index contributed by atoms with van der Waals surface area (Å²) in [6, 6.07) is 10.6. The Labute approximate surface area is 127 Å². The van der Waals surface area contributed by atoms with Crippen LogP contribution in [0.2, 0.25) is 0 Å². The number of amides is 1. The number of hydrogen-bond donors (Lipinski definition) is 1. The third-order valence-corrected chi connectivity index (χ3v) is 4.59. The van der Waals surface area contributed by atoms with Crippen LogP contribution in [-0.2, 0) is 4.79 Å². The molecular formula is C17H25N3O. The smallest absolute Gasteiger partial charge is 0.224 e. The van der Waals surface area contributed by atoms with Gasteiger partial charge in [-0.2, -0.15) is 0 Å². The lowest BCUT2D eigenvalue weighted by atomic mass is 10.0. The van der Waals surface area contributed by atoms with E-state index in [0.717, 1.165) is 39.3 Å². The van der Waals surface area contributed by atoms with E-state index < -0.39 is 0 Å². The van der Waals surface area contributed by atoms with Gasteiger partial charge in [0.1, 0.15) is 0 Å².